The lowest BCUT2D eigenvalue weighted by Gasteiger charge is -2.41. The number of hydrogen-bond donors (Lipinski definition) is 1. The Morgan fingerprint density at radius 1 is 1.20 bits per heavy atom. The molecule has 0 aromatic carbocycles. The summed E-state index contributed by atoms with van der Waals surface area (Å²) in [5.41, 5.74) is -0.535. The zero-order valence-corrected chi connectivity index (χ0v) is 9.95. The topological polar surface area (TPSA) is 38.7 Å². The van der Waals surface area contributed by atoms with Gasteiger partial charge in [0.05, 0.1) is 11.2 Å². The third-order valence-corrected chi connectivity index (χ3v) is 4.28. The molecule has 2 aliphatic rings. The molecule has 0 aromatic rings. The van der Waals surface area contributed by atoms with Crippen LogP contribution in [-0.4, -0.2) is 30.6 Å². The Labute approximate surface area is 92.9 Å². The average Bonchev–Trinajstić information content (AvgIpc) is 2.74. The fraction of sp³-hybridized carbons (Fsp3) is 1.00. The van der Waals surface area contributed by atoms with Gasteiger partial charge in [-0.25, -0.2) is 0 Å². The molecule has 0 amide bonds. The van der Waals surface area contributed by atoms with E-state index < -0.39 is 7.01 Å². The standard InChI is InChI=1S/C10H20B2O3/c1-9(2)10(3,8-6-4-5-7-8)15-12(11-13)14-9/h8,11,13H,4-7H2,1-3H3/t10-/m1/s1. The van der Waals surface area contributed by atoms with E-state index in [9.17, 15) is 0 Å². The lowest BCUT2D eigenvalue weighted by molar-refractivity contribution is -0.0523. The van der Waals surface area contributed by atoms with Crippen LogP contribution < -0.4 is 0 Å². The smallest absolute Gasteiger partial charge is 0.441 e. The third-order valence-electron chi connectivity index (χ3n) is 4.28. The lowest BCUT2D eigenvalue weighted by atomic mass is 9.56. The van der Waals surface area contributed by atoms with Crippen LogP contribution in [0.25, 0.3) is 0 Å². The monoisotopic (exact) mass is 210 g/mol. The molecule has 1 saturated carbocycles. The molecule has 5 heteroatoms. The largest absolute Gasteiger partial charge is 0.455 e. The Morgan fingerprint density at radius 3 is 2.27 bits per heavy atom. The Kier molecular flexibility index (Phi) is 2.90. The molecule has 15 heavy (non-hydrogen) atoms. The van der Waals surface area contributed by atoms with Gasteiger partial charge in [0.15, 0.2) is 0 Å². The van der Waals surface area contributed by atoms with E-state index >= 15 is 0 Å². The van der Waals surface area contributed by atoms with E-state index in [1.54, 1.807) is 0 Å². The van der Waals surface area contributed by atoms with Crippen molar-refractivity contribution >= 4 is 14.4 Å². The second-order valence-electron chi connectivity index (χ2n) is 5.45. The van der Waals surface area contributed by atoms with Crippen LogP contribution in [0.1, 0.15) is 46.5 Å². The summed E-state index contributed by atoms with van der Waals surface area (Å²) in [5.74, 6) is 0.573. The summed E-state index contributed by atoms with van der Waals surface area (Å²) < 4.78 is 11.7. The molecule has 2 fully saturated rings. The first-order chi connectivity index (χ1) is 6.99. The second-order valence-corrected chi connectivity index (χ2v) is 5.45. The Hall–Kier alpha value is 0.00987. The van der Waals surface area contributed by atoms with Crippen LogP contribution in [-0.2, 0) is 9.31 Å². The predicted octanol–water partition coefficient (Wildman–Crippen LogP) is 1.09. The van der Waals surface area contributed by atoms with E-state index in [0.29, 0.717) is 5.92 Å². The average molecular weight is 210 g/mol. The molecule has 0 unspecified atom stereocenters. The Morgan fingerprint density at radius 2 is 1.80 bits per heavy atom. The van der Waals surface area contributed by atoms with Crippen LogP contribution in [0, 0.1) is 5.92 Å². The zero-order valence-electron chi connectivity index (χ0n) is 9.95. The van der Waals surface area contributed by atoms with Gasteiger partial charge >= 0.3 is 14.4 Å². The minimum Gasteiger partial charge on any atom is -0.455 e. The minimum absolute atomic E-state index is 0.0499. The third kappa shape index (κ3) is 1.75. The maximum atomic E-state index is 9.12. The van der Waals surface area contributed by atoms with Crippen molar-refractivity contribution < 1.29 is 14.3 Å². The van der Waals surface area contributed by atoms with Gasteiger partial charge in [0.25, 0.3) is 0 Å². The van der Waals surface area contributed by atoms with Crippen molar-refractivity contribution in [3.05, 3.63) is 0 Å². The molecule has 1 saturated heterocycles. The molecule has 1 aliphatic heterocycles. The molecule has 1 N–H and O–H groups in total. The SMILES string of the molecule is CC1(C)OB(BO)O[C@]1(C)C1CCCC1. The predicted molar refractivity (Wildman–Crippen MR) is 61.7 cm³/mol. The van der Waals surface area contributed by atoms with Gasteiger partial charge in [-0.15, -0.1) is 0 Å². The van der Waals surface area contributed by atoms with Crippen molar-refractivity contribution in [2.24, 2.45) is 5.92 Å². The van der Waals surface area contributed by atoms with E-state index in [1.807, 2.05) is 0 Å². The van der Waals surface area contributed by atoms with Gasteiger partial charge in [0.2, 0.25) is 0 Å². The molecule has 2 rings (SSSR count). The summed E-state index contributed by atoms with van der Waals surface area (Å²) in [7, 11) is -0.489. The van der Waals surface area contributed by atoms with Gasteiger partial charge in [0, 0.05) is 0 Å². The van der Waals surface area contributed by atoms with Crippen LogP contribution in [0.2, 0.25) is 0 Å². The molecule has 1 heterocycles. The highest BCUT2D eigenvalue weighted by Gasteiger charge is 2.57. The molecule has 0 spiro atoms. The van der Waals surface area contributed by atoms with E-state index in [4.69, 9.17) is 14.3 Å². The van der Waals surface area contributed by atoms with Crippen molar-refractivity contribution in [2.75, 3.05) is 0 Å². The molecule has 3 nitrogen and oxygen atoms in total. The molecule has 0 bridgehead atoms. The van der Waals surface area contributed by atoms with Gasteiger partial charge in [-0.05, 0) is 39.5 Å². The first-order valence-electron chi connectivity index (χ1n) is 5.96. The maximum Gasteiger partial charge on any atom is 0.441 e. The van der Waals surface area contributed by atoms with Crippen LogP contribution >= 0.6 is 0 Å². The van der Waals surface area contributed by atoms with Crippen LogP contribution in [0.4, 0.5) is 0 Å². The quantitative estimate of drug-likeness (QED) is 0.693. The summed E-state index contributed by atoms with van der Waals surface area (Å²) >= 11 is 0. The lowest BCUT2D eigenvalue weighted by Crippen LogP contribution is -2.49. The highest BCUT2D eigenvalue weighted by atomic mass is 16.7. The molecule has 84 valence electrons. The maximum absolute atomic E-state index is 9.12. The summed E-state index contributed by atoms with van der Waals surface area (Å²) in [4.78, 5) is 0. The van der Waals surface area contributed by atoms with E-state index in [1.165, 1.54) is 25.7 Å². The van der Waals surface area contributed by atoms with Crippen LogP contribution in [0.15, 0.2) is 0 Å². The normalized spacial score (nSPS) is 36.1. The minimum atomic E-state index is -0.439. The summed E-state index contributed by atoms with van der Waals surface area (Å²) in [6.07, 6.45) is 5.04. The van der Waals surface area contributed by atoms with Crippen LogP contribution in [0.3, 0.4) is 0 Å². The molecule has 0 radical (unpaired) electrons. The van der Waals surface area contributed by atoms with Crippen molar-refractivity contribution in [3.8, 4) is 0 Å². The fourth-order valence-electron chi connectivity index (χ4n) is 3.02. The second kappa shape index (κ2) is 3.79. The molecular weight excluding hydrogens is 190 g/mol. The van der Waals surface area contributed by atoms with Crippen molar-refractivity contribution in [1.29, 1.82) is 0 Å². The zero-order chi connectivity index (χ0) is 11.1. The molecule has 0 aromatic heterocycles. The van der Waals surface area contributed by atoms with Crippen molar-refractivity contribution in [3.63, 3.8) is 0 Å². The van der Waals surface area contributed by atoms with Crippen molar-refractivity contribution in [1.82, 2.24) is 0 Å². The Bertz CT molecular complexity index is 241. The van der Waals surface area contributed by atoms with Gasteiger partial charge < -0.3 is 14.3 Å². The van der Waals surface area contributed by atoms with E-state index in [2.05, 4.69) is 20.8 Å². The summed E-state index contributed by atoms with van der Waals surface area (Å²) in [5, 5.41) is 9.12. The Balaban J connectivity index is 2.18. The van der Waals surface area contributed by atoms with E-state index in [-0.39, 0.29) is 18.6 Å². The highest BCUT2D eigenvalue weighted by Crippen LogP contribution is 2.47. The fourth-order valence-corrected chi connectivity index (χ4v) is 3.02. The molecular formula is C10H20B2O3. The number of rotatable bonds is 2. The van der Waals surface area contributed by atoms with E-state index in [0.717, 1.165) is 0 Å². The van der Waals surface area contributed by atoms with Gasteiger partial charge in [-0.2, -0.15) is 0 Å². The van der Waals surface area contributed by atoms with Gasteiger partial charge in [-0.1, -0.05) is 12.8 Å². The van der Waals surface area contributed by atoms with Gasteiger partial charge in [0.1, 0.15) is 0 Å². The summed E-state index contributed by atoms with van der Waals surface area (Å²) in [6, 6.07) is 0. The summed E-state index contributed by atoms with van der Waals surface area (Å²) in [6.45, 7) is 6.28. The van der Waals surface area contributed by atoms with Gasteiger partial charge in [-0.3, -0.25) is 0 Å². The first-order valence-corrected chi connectivity index (χ1v) is 5.96. The van der Waals surface area contributed by atoms with Crippen molar-refractivity contribution in [2.45, 2.75) is 57.7 Å². The molecule has 1 aliphatic carbocycles. The first kappa shape index (κ1) is 11.5. The number of hydrogen-bond acceptors (Lipinski definition) is 3. The van der Waals surface area contributed by atoms with Crippen LogP contribution in [0.5, 0.6) is 0 Å². The molecule has 1 atom stereocenters. The highest BCUT2D eigenvalue weighted by molar-refractivity contribution is 7.02.